The van der Waals surface area contributed by atoms with Crippen LogP contribution in [0.15, 0.2) is 0 Å². The number of amides is 1. The Morgan fingerprint density at radius 2 is 1.76 bits per heavy atom. The van der Waals surface area contributed by atoms with Crippen molar-refractivity contribution in [3.8, 4) is 0 Å². The van der Waals surface area contributed by atoms with Crippen LogP contribution in [0.3, 0.4) is 0 Å². The SMILES string of the molecule is CC(C)[C@H](C(=O)N1C[C@@H](C(F)(F)F)[C@H](C(=O)O)C1)N(C)C. The average molecular weight is 310 g/mol. The van der Waals surface area contributed by atoms with Gasteiger partial charge in [-0.15, -0.1) is 0 Å². The molecular formula is C13H21F3N2O3. The fraction of sp³-hybridized carbons (Fsp3) is 0.846. The Kier molecular flexibility index (Phi) is 5.25. The van der Waals surface area contributed by atoms with Gasteiger partial charge in [0.05, 0.1) is 17.9 Å². The first-order chi connectivity index (χ1) is 9.46. The van der Waals surface area contributed by atoms with E-state index in [0.29, 0.717) is 0 Å². The lowest BCUT2D eigenvalue weighted by atomic mass is 9.96. The van der Waals surface area contributed by atoms with E-state index in [2.05, 4.69) is 0 Å². The van der Waals surface area contributed by atoms with Gasteiger partial charge in [0.15, 0.2) is 0 Å². The summed E-state index contributed by atoms with van der Waals surface area (Å²) in [5, 5.41) is 8.96. The number of nitrogens with zero attached hydrogens (tertiary/aromatic N) is 2. The van der Waals surface area contributed by atoms with Gasteiger partial charge in [0, 0.05) is 13.1 Å². The lowest BCUT2D eigenvalue weighted by molar-refractivity contribution is -0.188. The summed E-state index contributed by atoms with van der Waals surface area (Å²) in [4.78, 5) is 26.1. The smallest absolute Gasteiger partial charge is 0.394 e. The van der Waals surface area contributed by atoms with Crippen LogP contribution in [0.1, 0.15) is 13.8 Å². The molecule has 0 aliphatic carbocycles. The van der Waals surface area contributed by atoms with Crippen LogP contribution in [0, 0.1) is 17.8 Å². The summed E-state index contributed by atoms with van der Waals surface area (Å²) in [6, 6.07) is -0.563. The van der Waals surface area contributed by atoms with Crippen LogP contribution in [0.25, 0.3) is 0 Å². The molecular weight excluding hydrogens is 289 g/mol. The summed E-state index contributed by atoms with van der Waals surface area (Å²) in [6.07, 6.45) is -4.62. The molecule has 1 aliphatic rings. The van der Waals surface area contributed by atoms with E-state index in [0.717, 1.165) is 4.90 Å². The van der Waals surface area contributed by atoms with E-state index < -0.39 is 49.0 Å². The Hall–Kier alpha value is -1.31. The molecule has 0 saturated carbocycles. The third kappa shape index (κ3) is 3.87. The fourth-order valence-electron chi connectivity index (χ4n) is 2.86. The second-order valence-corrected chi connectivity index (χ2v) is 5.99. The molecule has 0 radical (unpaired) electrons. The second-order valence-electron chi connectivity index (χ2n) is 5.99. The Bertz CT molecular complexity index is 402. The minimum Gasteiger partial charge on any atom is -0.481 e. The van der Waals surface area contributed by atoms with Crippen molar-refractivity contribution in [2.24, 2.45) is 17.8 Å². The Morgan fingerprint density at radius 1 is 1.24 bits per heavy atom. The standard InChI is InChI=1S/C13H21F3N2O3/c1-7(2)10(17(3)4)11(19)18-5-8(12(20)21)9(6-18)13(14,15)16/h7-10H,5-6H2,1-4H3,(H,20,21)/t8-,9-,10-/m1/s1. The van der Waals surface area contributed by atoms with Crippen LogP contribution in [-0.4, -0.2) is 66.2 Å². The monoisotopic (exact) mass is 310 g/mol. The van der Waals surface area contributed by atoms with E-state index in [4.69, 9.17) is 5.11 Å². The number of likely N-dealkylation sites (N-methyl/N-ethyl adjacent to an activating group) is 1. The Labute approximate surface area is 121 Å². The van der Waals surface area contributed by atoms with Gasteiger partial charge < -0.3 is 10.0 Å². The van der Waals surface area contributed by atoms with Crippen molar-refractivity contribution in [3.63, 3.8) is 0 Å². The minimum atomic E-state index is -4.62. The largest absolute Gasteiger partial charge is 0.481 e. The number of carbonyl (C=O) groups excluding carboxylic acids is 1. The highest BCUT2D eigenvalue weighted by Gasteiger charge is 2.54. The summed E-state index contributed by atoms with van der Waals surface area (Å²) < 4.78 is 38.7. The molecule has 5 nitrogen and oxygen atoms in total. The number of hydrogen-bond donors (Lipinski definition) is 1. The highest BCUT2D eigenvalue weighted by molar-refractivity contribution is 5.83. The second kappa shape index (κ2) is 6.21. The van der Waals surface area contributed by atoms with E-state index in [-0.39, 0.29) is 5.92 Å². The predicted molar refractivity (Wildman–Crippen MR) is 69.6 cm³/mol. The average Bonchev–Trinajstić information content (AvgIpc) is 2.71. The molecule has 0 aromatic heterocycles. The number of carboxylic acid groups (broad SMARTS) is 1. The van der Waals surface area contributed by atoms with Gasteiger partial charge in [-0.2, -0.15) is 13.2 Å². The van der Waals surface area contributed by atoms with Crippen LogP contribution in [0.2, 0.25) is 0 Å². The molecule has 0 unspecified atom stereocenters. The molecule has 0 aromatic carbocycles. The van der Waals surface area contributed by atoms with Crippen LogP contribution in [0.4, 0.5) is 13.2 Å². The molecule has 1 rings (SSSR count). The summed E-state index contributed by atoms with van der Waals surface area (Å²) >= 11 is 0. The van der Waals surface area contributed by atoms with Crippen molar-refractivity contribution in [3.05, 3.63) is 0 Å². The van der Waals surface area contributed by atoms with E-state index in [1.807, 2.05) is 0 Å². The number of likely N-dealkylation sites (tertiary alicyclic amines) is 1. The van der Waals surface area contributed by atoms with Gasteiger partial charge in [0.25, 0.3) is 0 Å². The summed E-state index contributed by atoms with van der Waals surface area (Å²) in [6.45, 7) is 2.62. The summed E-state index contributed by atoms with van der Waals surface area (Å²) in [7, 11) is 3.35. The molecule has 1 aliphatic heterocycles. The van der Waals surface area contributed by atoms with Gasteiger partial charge >= 0.3 is 12.1 Å². The maximum atomic E-state index is 12.9. The lowest BCUT2D eigenvalue weighted by Crippen LogP contribution is -2.48. The molecule has 1 amide bonds. The molecule has 0 spiro atoms. The molecule has 21 heavy (non-hydrogen) atoms. The number of hydrogen-bond acceptors (Lipinski definition) is 3. The molecule has 1 N–H and O–H groups in total. The Morgan fingerprint density at radius 3 is 2.05 bits per heavy atom. The number of halogens is 3. The molecule has 122 valence electrons. The normalized spacial score (nSPS) is 24.7. The highest BCUT2D eigenvalue weighted by atomic mass is 19.4. The van der Waals surface area contributed by atoms with Crippen LogP contribution in [-0.2, 0) is 9.59 Å². The maximum Gasteiger partial charge on any atom is 0.394 e. The third-order valence-electron chi connectivity index (χ3n) is 3.81. The van der Waals surface area contributed by atoms with Gasteiger partial charge in [0.2, 0.25) is 5.91 Å². The zero-order valence-electron chi connectivity index (χ0n) is 12.5. The van der Waals surface area contributed by atoms with Crippen molar-refractivity contribution in [2.75, 3.05) is 27.2 Å². The zero-order valence-corrected chi connectivity index (χ0v) is 12.5. The van der Waals surface area contributed by atoms with Crippen LogP contribution < -0.4 is 0 Å². The first-order valence-corrected chi connectivity index (χ1v) is 6.71. The quantitative estimate of drug-likeness (QED) is 0.850. The van der Waals surface area contributed by atoms with Crippen molar-refractivity contribution in [1.82, 2.24) is 9.80 Å². The summed E-state index contributed by atoms with van der Waals surface area (Å²) in [5.41, 5.74) is 0. The van der Waals surface area contributed by atoms with Gasteiger partial charge in [0.1, 0.15) is 0 Å². The zero-order chi connectivity index (χ0) is 16.5. The van der Waals surface area contributed by atoms with E-state index in [1.165, 1.54) is 0 Å². The minimum absolute atomic E-state index is 0.0827. The molecule has 0 aromatic rings. The van der Waals surface area contributed by atoms with Gasteiger partial charge in [-0.05, 0) is 20.0 Å². The van der Waals surface area contributed by atoms with Gasteiger partial charge in [-0.3, -0.25) is 14.5 Å². The van der Waals surface area contributed by atoms with Crippen molar-refractivity contribution < 1.29 is 27.9 Å². The number of aliphatic carboxylic acids is 1. The van der Waals surface area contributed by atoms with Crippen molar-refractivity contribution in [1.29, 1.82) is 0 Å². The maximum absolute atomic E-state index is 12.9. The van der Waals surface area contributed by atoms with Crippen molar-refractivity contribution >= 4 is 11.9 Å². The highest BCUT2D eigenvalue weighted by Crippen LogP contribution is 2.38. The van der Waals surface area contributed by atoms with Gasteiger partial charge in [-0.1, -0.05) is 13.8 Å². The van der Waals surface area contributed by atoms with Gasteiger partial charge in [-0.25, -0.2) is 0 Å². The first kappa shape index (κ1) is 17.7. The lowest BCUT2D eigenvalue weighted by Gasteiger charge is -2.31. The number of carbonyl (C=O) groups is 2. The van der Waals surface area contributed by atoms with E-state index in [1.54, 1.807) is 32.8 Å². The Balaban J connectivity index is 2.96. The van der Waals surface area contributed by atoms with E-state index >= 15 is 0 Å². The molecule has 8 heteroatoms. The molecule has 0 bridgehead atoms. The number of carboxylic acids is 1. The van der Waals surface area contributed by atoms with Crippen molar-refractivity contribution in [2.45, 2.75) is 26.1 Å². The molecule has 1 heterocycles. The number of alkyl halides is 3. The third-order valence-corrected chi connectivity index (χ3v) is 3.81. The topological polar surface area (TPSA) is 60.9 Å². The molecule has 1 fully saturated rings. The predicted octanol–water partition coefficient (Wildman–Crippen LogP) is 1.29. The number of rotatable bonds is 4. The summed E-state index contributed by atoms with van der Waals surface area (Å²) in [5.74, 6) is -5.65. The molecule has 3 atom stereocenters. The molecule has 1 saturated heterocycles. The van der Waals surface area contributed by atoms with E-state index in [9.17, 15) is 22.8 Å². The van der Waals surface area contributed by atoms with Crippen LogP contribution in [0.5, 0.6) is 0 Å². The van der Waals surface area contributed by atoms with Crippen LogP contribution >= 0.6 is 0 Å². The first-order valence-electron chi connectivity index (χ1n) is 6.71. The fourth-order valence-corrected chi connectivity index (χ4v) is 2.86.